The van der Waals surface area contributed by atoms with E-state index in [0.717, 1.165) is 10.0 Å². The summed E-state index contributed by atoms with van der Waals surface area (Å²) in [5.41, 5.74) is 0.867. The predicted molar refractivity (Wildman–Crippen MR) is 72.0 cm³/mol. The lowest BCUT2D eigenvalue weighted by atomic mass is 10.2. The molecule has 0 aliphatic heterocycles. The van der Waals surface area contributed by atoms with Crippen molar-refractivity contribution in [2.24, 2.45) is 0 Å². The van der Waals surface area contributed by atoms with E-state index in [1.807, 2.05) is 13.0 Å². The Labute approximate surface area is 112 Å². The van der Waals surface area contributed by atoms with Crippen LogP contribution in [-0.4, -0.2) is 4.92 Å². The molecule has 0 aliphatic rings. The molecule has 2 aromatic carbocycles. The highest BCUT2D eigenvalue weighted by molar-refractivity contribution is 9.10. The van der Waals surface area contributed by atoms with Gasteiger partial charge < -0.3 is 4.74 Å². The summed E-state index contributed by atoms with van der Waals surface area (Å²) in [6.45, 7) is 1.86. The van der Waals surface area contributed by atoms with Gasteiger partial charge in [-0.3, -0.25) is 10.1 Å². The van der Waals surface area contributed by atoms with Crippen molar-refractivity contribution < 1.29 is 9.66 Å². The van der Waals surface area contributed by atoms with Gasteiger partial charge in [-0.25, -0.2) is 0 Å². The van der Waals surface area contributed by atoms with Gasteiger partial charge in [-0.1, -0.05) is 28.1 Å². The van der Waals surface area contributed by atoms with Crippen LogP contribution in [0.5, 0.6) is 11.5 Å². The summed E-state index contributed by atoms with van der Waals surface area (Å²) in [5, 5.41) is 10.9. The van der Waals surface area contributed by atoms with Crippen LogP contribution in [0.15, 0.2) is 46.9 Å². The Balaban J connectivity index is 2.39. The number of ether oxygens (including phenoxy) is 1. The molecule has 0 fully saturated rings. The maximum absolute atomic E-state index is 10.9. The summed E-state index contributed by atoms with van der Waals surface area (Å²) in [5.74, 6) is 0.802. The third kappa shape index (κ3) is 2.87. The van der Waals surface area contributed by atoms with Crippen LogP contribution in [0.1, 0.15) is 5.56 Å². The summed E-state index contributed by atoms with van der Waals surface area (Å²) >= 11 is 3.32. The van der Waals surface area contributed by atoms with Gasteiger partial charge in [0, 0.05) is 10.5 Å². The molecule has 0 radical (unpaired) electrons. The average molecular weight is 308 g/mol. The number of nitro benzene ring substituents is 1. The molecule has 0 heterocycles. The largest absolute Gasteiger partial charge is 0.450 e. The Hall–Kier alpha value is -1.88. The summed E-state index contributed by atoms with van der Waals surface area (Å²) < 4.78 is 6.42. The van der Waals surface area contributed by atoms with E-state index in [1.165, 1.54) is 6.07 Å². The van der Waals surface area contributed by atoms with Crippen LogP contribution in [0.2, 0.25) is 0 Å². The van der Waals surface area contributed by atoms with Gasteiger partial charge in [0.1, 0.15) is 5.75 Å². The number of benzene rings is 2. The molecule has 0 amide bonds. The Morgan fingerprint density at radius 2 is 2.00 bits per heavy atom. The fraction of sp³-hybridized carbons (Fsp3) is 0.0769. The molecule has 0 unspecified atom stereocenters. The Kier molecular flexibility index (Phi) is 3.62. The fourth-order valence-corrected chi connectivity index (χ4v) is 1.89. The second kappa shape index (κ2) is 5.18. The van der Waals surface area contributed by atoms with Crippen molar-refractivity contribution in [3.8, 4) is 11.5 Å². The summed E-state index contributed by atoms with van der Waals surface area (Å²) in [6, 6.07) is 12.0. The van der Waals surface area contributed by atoms with Crippen molar-refractivity contribution in [1.29, 1.82) is 0 Å². The van der Waals surface area contributed by atoms with E-state index in [4.69, 9.17) is 4.74 Å². The summed E-state index contributed by atoms with van der Waals surface area (Å²) in [7, 11) is 0. The van der Waals surface area contributed by atoms with Crippen molar-refractivity contribution >= 4 is 21.6 Å². The summed E-state index contributed by atoms with van der Waals surface area (Å²) in [6.07, 6.45) is 0. The second-order valence-corrected chi connectivity index (χ2v) is 4.70. The van der Waals surface area contributed by atoms with E-state index in [9.17, 15) is 10.1 Å². The van der Waals surface area contributed by atoms with Gasteiger partial charge in [-0.05, 0) is 36.8 Å². The molecule has 0 spiro atoms. The highest BCUT2D eigenvalue weighted by Gasteiger charge is 2.15. The van der Waals surface area contributed by atoms with Crippen molar-refractivity contribution in [1.82, 2.24) is 0 Å². The predicted octanol–water partition coefficient (Wildman–Crippen LogP) is 4.46. The minimum Gasteiger partial charge on any atom is -0.450 e. The lowest BCUT2D eigenvalue weighted by molar-refractivity contribution is -0.385. The van der Waals surface area contributed by atoms with E-state index in [2.05, 4.69) is 15.9 Å². The molecule has 18 heavy (non-hydrogen) atoms. The van der Waals surface area contributed by atoms with E-state index >= 15 is 0 Å². The first-order valence-electron chi connectivity index (χ1n) is 5.25. The van der Waals surface area contributed by atoms with Gasteiger partial charge >= 0.3 is 5.69 Å². The van der Waals surface area contributed by atoms with Crippen molar-refractivity contribution in [3.63, 3.8) is 0 Å². The molecular weight excluding hydrogens is 298 g/mol. The molecule has 2 aromatic rings. The maximum Gasteiger partial charge on any atom is 0.311 e. The SMILES string of the molecule is Cc1ccc([N+](=O)[O-])c(Oc2cccc(Br)c2)c1. The van der Waals surface area contributed by atoms with Crippen molar-refractivity contribution in [2.75, 3.05) is 0 Å². The number of rotatable bonds is 3. The number of hydrogen-bond donors (Lipinski definition) is 0. The minimum absolute atomic E-state index is 0.0411. The zero-order valence-corrected chi connectivity index (χ0v) is 11.2. The molecule has 2 rings (SSSR count). The first kappa shape index (κ1) is 12.6. The lowest BCUT2D eigenvalue weighted by Crippen LogP contribution is -1.94. The number of aryl methyl sites for hydroxylation is 1. The third-order valence-electron chi connectivity index (χ3n) is 2.34. The quantitative estimate of drug-likeness (QED) is 0.621. The fourth-order valence-electron chi connectivity index (χ4n) is 1.51. The molecule has 0 bridgehead atoms. The first-order valence-corrected chi connectivity index (χ1v) is 6.04. The number of nitrogens with zero attached hydrogens (tertiary/aromatic N) is 1. The highest BCUT2D eigenvalue weighted by Crippen LogP contribution is 2.32. The van der Waals surface area contributed by atoms with Gasteiger partial charge in [0.05, 0.1) is 4.92 Å². The van der Waals surface area contributed by atoms with E-state index in [-0.39, 0.29) is 11.4 Å². The molecule has 92 valence electrons. The molecule has 0 N–H and O–H groups in total. The van der Waals surface area contributed by atoms with Gasteiger partial charge in [-0.2, -0.15) is 0 Å². The standard InChI is InChI=1S/C13H10BrNO3/c1-9-5-6-12(15(16)17)13(7-9)18-11-4-2-3-10(14)8-11/h2-8H,1H3. The number of hydrogen-bond acceptors (Lipinski definition) is 3. The molecule has 0 aromatic heterocycles. The maximum atomic E-state index is 10.9. The molecule has 0 aliphatic carbocycles. The molecule has 0 atom stereocenters. The zero-order chi connectivity index (χ0) is 13.1. The van der Waals surface area contributed by atoms with E-state index in [0.29, 0.717) is 5.75 Å². The van der Waals surface area contributed by atoms with Crippen LogP contribution >= 0.6 is 15.9 Å². The zero-order valence-electron chi connectivity index (χ0n) is 9.59. The Morgan fingerprint density at radius 3 is 2.67 bits per heavy atom. The molecule has 5 heteroatoms. The smallest absolute Gasteiger partial charge is 0.311 e. The van der Waals surface area contributed by atoms with Crippen molar-refractivity contribution in [2.45, 2.75) is 6.92 Å². The van der Waals surface area contributed by atoms with Crippen LogP contribution < -0.4 is 4.74 Å². The van der Waals surface area contributed by atoms with Crippen LogP contribution in [0, 0.1) is 17.0 Å². The lowest BCUT2D eigenvalue weighted by Gasteiger charge is -2.07. The molecule has 0 saturated carbocycles. The minimum atomic E-state index is -0.452. The van der Waals surface area contributed by atoms with Crippen LogP contribution in [0.25, 0.3) is 0 Å². The Morgan fingerprint density at radius 1 is 1.22 bits per heavy atom. The molecule has 4 nitrogen and oxygen atoms in total. The monoisotopic (exact) mass is 307 g/mol. The van der Waals surface area contributed by atoms with Crippen molar-refractivity contribution in [3.05, 3.63) is 62.6 Å². The first-order chi connectivity index (χ1) is 8.56. The van der Waals surface area contributed by atoms with Gasteiger partial charge in [0.25, 0.3) is 0 Å². The number of nitro groups is 1. The number of halogens is 1. The molecule has 0 saturated heterocycles. The van der Waals surface area contributed by atoms with Gasteiger partial charge in [-0.15, -0.1) is 0 Å². The van der Waals surface area contributed by atoms with Crippen LogP contribution in [0.4, 0.5) is 5.69 Å². The van der Waals surface area contributed by atoms with E-state index in [1.54, 1.807) is 30.3 Å². The second-order valence-electron chi connectivity index (χ2n) is 3.79. The molecular formula is C13H10BrNO3. The van der Waals surface area contributed by atoms with E-state index < -0.39 is 4.92 Å². The van der Waals surface area contributed by atoms with Gasteiger partial charge in [0.2, 0.25) is 5.75 Å². The summed E-state index contributed by atoms with van der Waals surface area (Å²) in [4.78, 5) is 10.5. The topological polar surface area (TPSA) is 52.4 Å². The highest BCUT2D eigenvalue weighted by atomic mass is 79.9. The van der Waals surface area contributed by atoms with Gasteiger partial charge in [0.15, 0.2) is 0 Å². The van der Waals surface area contributed by atoms with Crippen LogP contribution in [-0.2, 0) is 0 Å². The third-order valence-corrected chi connectivity index (χ3v) is 2.83. The average Bonchev–Trinajstić information content (AvgIpc) is 2.28. The Bertz CT molecular complexity index is 599. The van der Waals surface area contributed by atoms with Crippen LogP contribution in [0.3, 0.4) is 0 Å². The normalized spacial score (nSPS) is 10.1.